The molecule has 122 valence electrons. The minimum Gasteiger partial charge on any atom is -0.497 e. The number of aromatic nitrogens is 2. The van der Waals surface area contributed by atoms with Crippen molar-refractivity contribution < 1.29 is 9.15 Å². The smallest absolute Gasteiger partial charge is 0.294 e. The van der Waals surface area contributed by atoms with Crippen LogP contribution in [0.15, 0.2) is 57.7 Å². The van der Waals surface area contributed by atoms with Gasteiger partial charge in [0, 0.05) is 5.56 Å². The lowest BCUT2D eigenvalue weighted by molar-refractivity contribution is 0.415. The van der Waals surface area contributed by atoms with Gasteiger partial charge >= 0.3 is 0 Å². The van der Waals surface area contributed by atoms with Crippen LogP contribution in [-0.4, -0.2) is 17.1 Å². The van der Waals surface area contributed by atoms with Crippen LogP contribution in [0.1, 0.15) is 13.8 Å². The van der Waals surface area contributed by atoms with Gasteiger partial charge in [0.15, 0.2) is 0 Å². The van der Waals surface area contributed by atoms with Gasteiger partial charge < -0.3 is 14.1 Å². The van der Waals surface area contributed by atoms with Crippen molar-refractivity contribution in [2.75, 3.05) is 7.11 Å². The second-order valence-corrected chi connectivity index (χ2v) is 4.92. The van der Waals surface area contributed by atoms with E-state index < -0.39 is 0 Å². The summed E-state index contributed by atoms with van der Waals surface area (Å²) in [5, 5.41) is 0.762. The second kappa shape index (κ2) is 6.58. The van der Waals surface area contributed by atoms with Crippen LogP contribution in [0.4, 0.5) is 0 Å². The fourth-order valence-electron chi connectivity index (χ4n) is 2.49. The fraction of sp³-hybridized carbons (Fsp3) is 0.158. The van der Waals surface area contributed by atoms with E-state index in [2.05, 4.69) is 9.97 Å². The molecular weight excluding hydrogens is 304 g/mol. The third-order valence-corrected chi connectivity index (χ3v) is 3.58. The molecule has 4 aromatic rings. The Labute approximate surface area is 138 Å². The molecule has 0 spiro atoms. The van der Waals surface area contributed by atoms with E-state index in [0.29, 0.717) is 22.7 Å². The highest BCUT2D eigenvalue weighted by Gasteiger charge is 2.14. The molecule has 0 fully saturated rings. The number of ether oxygens (including phenoxy) is 1. The maximum atomic E-state index is 12.3. The highest BCUT2D eigenvalue weighted by atomic mass is 16.5. The summed E-state index contributed by atoms with van der Waals surface area (Å²) in [6.07, 6.45) is 0. The van der Waals surface area contributed by atoms with Gasteiger partial charge in [-0.15, -0.1) is 0 Å². The lowest BCUT2D eigenvalue weighted by Gasteiger charge is -2.00. The van der Waals surface area contributed by atoms with Gasteiger partial charge in [-0.3, -0.25) is 4.79 Å². The second-order valence-electron chi connectivity index (χ2n) is 4.92. The molecule has 0 saturated carbocycles. The standard InChI is InChI=1S/C17H12N2O3.C2H6/c1-21-11-7-8-13-12(9-11)14-15(22-13)17(20)19-16(18-14)10-5-3-2-4-6-10;1-2/h2-9H,1H3,(H,18,19,20);1-2H3. The Bertz CT molecular complexity index is 1030. The number of hydrogen-bond donors (Lipinski definition) is 1. The molecule has 5 heteroatoms. The molecule has 0 radical (unpaired) electrons. The van der Waals surface area contributed by atoms with Gasteiger partial charge in [0.2, 0.25) is 5.58 Å². The van der Waals surface area contributed by atoms with E-state index in [9.17, 15) is 4.79 Å². The first-order valence-electron chi connectivity index (χ1n) is 7.82. The van der Waals surface area contributed by atoms with Gasteiger partial charge in [-0.05, 0) is 18.2 Å². The lowest BCUT2D eigenvalue weighted by atomic mass is 10.2. The third kappa shape index (κ3) is 2.65. The molecule has 2 aromatic carbocycles. The summed E-state index contributed by atoms with van der Waals surface area (Å²) in [7, 11) is 1.60. The summed E-state index contributed by atoms with van der Waals surface area (Å²) in [5.74, 6) is 1.21. The molecule has 1 N–H and O–H groups in total. The van der Waals surface area contributed by atoms with Gasteiger partial charge in [0.25, 0.3) is 5.56 Å². The minimum absolute atomic E-state index is 0.225. The predicted octanol–water partition coefficient (Wildman–Crippen LogP) is 4.37. The molecule has 24 heavy (non-hydrogen) atoms. The highest BCUT2D eigenvalue weighted by Crippen LogP contribution is 2.29. The lowest BCUT2D eigenvalue weighted by Crippen LogP contribution is -2.08. The maximum absolute atomic E-state index is 12.3. The zero-order valence-electron chi connectivity index (χ0n) is 13.8. The summed E-state index contributed by atoms with van der Waals surface area (Å²) in [5.41, 5.74) is 1.93. The summed E-state index contributed by atoms with van der Waals surface area (Å²) in [6.45, 7) is 4.00. The Morgan fingerprint density at radius 3 is 2.54 bits per heavy atom. The van der Waals surface area contributed by atoms with Crippen molar-refractivity contribution in [3.05, 3.63) is 58.9 Å². The van der Waals surface area contributed by atoms with E-state index in [0.717, 1.165) is 10.9 Å². The van der Waals surface area contributed by atoms with E-state index >= 15 is 0 Å². The number of rotatable bonds is 2. The van der Waals surface area contributed by atoms with Crippen molar-refractivity contribution in [3.8, 4) is 17.1 Å². The monoisotopic (exact) mass is 322 g/mol. The quantitative estimate of drug-likeness (QED) is 0.595. The Kier molecular flexibility index (Phi) is 4.33. The molecule has 0 bridgehead atoms. The Balaban J connectivity index is 0.000000815. The molecule has 0 saturated heterocycles. The minimum atomic E-state index is -0.293. The van der Waals surface area contributed by atoms with Crippen LogP contribution in [0.5, 0.6) is 5.75 Å². The molecule has 0 aliphatic rings. The maximum Gasteiger partial charge on any atom is 0.294 e. The van der Waals surface area contributed by atoms with E-state index in [4.69, 9.17) is 9.15 Å². The van der Waals surface area contributed by atoms with Crippen molar-refractivity contribution in [2.24, 2.45) is 0 Å². The number of fused-ring (bicyclic) bond motifs is 3. The number of methoxy groups -OCH3 is 1. The average Bonchev–Trinajstić information content (AvgIpc) is 3.02. The van der Waals surface area contributed by atoms with Gasteiger partial charge in [0.1, 0.15) is 22.7 Å². The topological polar surface area (TPSA) is 68.1 Å². The molecule has 0 aliphatic carbocycles. The largest absolute Gasteiger partial charge is 0.497 e. The van der Waals surface area contributed by atoms with Crippen LogP contribution in [0, 0.1) is 0 Å². The molecule has 0 unspecified atom stereocenters. The molecule has 0 aliphatic heterocycles. The SMILES string of the molecule is CC.COc1ccc2oc3c(=O)[nH]c(-c4ccccc4)nc3c2c1. The van der Waals surface area contributed by atoms with Crippen molar-refractivity contribution >= 4 is 22.1 Å². The highest BCUT2D eigenvalue weighted by molar-refractivity contribution is 6.03. The summed E-state index contributed by atoms with van der Waals surface area (Å²) in [6, 6.07) is 14.9. The number of nitrogens with one attached hydrogen (secondary N) is 1. The zero-order valence-corrected chi connectivity index (χ0v) is 13.8. The van der Waals surface area contributed by atoms with Crippen LogP contribution < -0.4 is 10.3 Å². The number of H-pyrrole nitrogens is 1. The molecule has 0 amide bonds. The first-order valence-corrected chi connectivity index (χ1v) is 7.82. The van der Waals surface area contributed by atoms with Crippen LogP contribution in [0.25, 0.3) is 33.5 Å². The van der Waals surface area contributed by atoms with Crippen molar-refractivity contribution in [1.29, 1.82) is 0 Å². The Hall–Kier alpha value is -3.08. The number of furan rings is 1. The summed E-state index contributed by atoms with van der Waals surface area (Å²) in [4.78, 5) is 19.6. The summed E-state index contributed by atoms with van der Waals surface area (Å²) < 4.78 is 10.8. The molecule has 2 heterocycles. The van der Waals surface area contributed by atoms with Gasteiger partial charge in [-0.1, -0.05) is 44.2 Å². The molecular formula is C19H18N2O3. The number of aromatic amines is 1. The molecule has 0 atom stereocenters. The number of hydrogen-bond acceptors (Lipinski definition) is 4. The van der Waals surface area contributed by atoms with Gasteiger partial charge in [0.05, 0.1) is 12.5 Å². The first kappa shape index (κ1) is 15.8. The van der Waals surface area contributed by atoms with Crippen molar-refractivity contribution in [1.82, 2.24) is 9.97 Å². The van der Waals surface area contributed by atoms with E-state index in [-0.39, 0.29) is 11.1 Å². The van der Waals surface area contributed by atoms with Gasteiger partial charge in [-0.2, -0.15) is 0 Å². The van der Waals surface area contributed by atoms with E-state index in [1.54, 1.807) is 19.2 Å². The normalized spacial score (nSPS) is 10.5. The third-order valence-electron chi connectivity index (χ3n) is 3.58. The van der Waals surface area contributed by atoms with E-state index in [1.165, 1.54) is 0 Å². The fourth-order valence-corrected chi connectivity index (χ4v) is 2.49. The number of benzene rings is 2. The van der Waals surface area contributed by atoms with Gasteiger partial charge in [-0.25, -0.2) is 4.98 Å². The summed E-state index contributed by atoms with van der Waals surface area (Å²) >= 11 is 0. The molecule has 4 rings (SSSR count). The van der Waals surface area contributed by atoms with Crippen LogP contribution in [0.3, 0.4) is 0 Å². The van der Waals surface area contributed by atoms with Crippen LogP contribution in [0.2, 0.25) is 0 Å². The van der Waals surface area contributed by atoms with Crippen molar-refractivity contribution in [3.63, 3.8) is 0 Å². The average molecular weight is 322 g/mol. The van der Waals surface area contributed by atoms with Crippen LogP contribution in [-0.2, 0) is 0 Å². The number of nitrogens with zero attached hydrogens (tertiary/aromatic N) is 1. The van der Waals surface area contributed by atoms with Crippen molar-refractivity contribution in [2.45, 2.75) is 13.8 Å². The molecule has 5 nitrogen and oxygen atoms in total. The zero-order chi connectivity index (χ0) is 17.1. The molecule has 2 aromatic heterocycles. The first-order chi connectivity index (χ1) is 11.8. The Morgan fingerprint density at radius 1 is 1.08 bits per heavy atom. The Morgan fingerprint density at radius 2 is 1.83 bits per heavy atom. The van der Waals surface area contributed by atoms with Crippen LogP contribution >= 0.6 is 0 Å². The van der Waals surface area contributed by atoms with E-state index in [1.807, 2.05) is 50.2 Å². The predicted molar refractivity (Wildman–Crippen MR) is 95.5 cm³/mol.